The summed E-state index contributed by atoms with van der Waals surface area (Å²) in [7, 11) is 0. The minimum absolute atomic E-state index is 0.183. The van der Waals surface area contributed by atoms with Crippen LogP contribution in [0.4, 0.5) is 17.1 Å². The second-order valence-electron chi connectivity index (χ2n) is 5.92. The summed E-state index contributed by atoms with van der Waals surface area (Å²) >= 11 is 3.41. The highest BCUT2D eigenvalue weighted by molar-refractivity contribution is 9.10. The second-order valence-corrected chi connectivity index (χ2v) is 6.84. The van der Waals surface area contributed by atoms with Gasteiger partial charge < -0.3 is 10.6 Å². The third-order valence-corrected chi connectivity index (χ3v) is 4.14. The minimum Gasteiger partial charge on any atom is -0.354 e. The van der Waals surface area contributed by atoms with E-state index in [-0.39, 0.29) is 5.91 Å². The van der Waals surface area contributed by atoms with Gasteiger partial charge in [-0.2, -0.15) is 0 Å². The third-order valence-electron chi connectivity index (χ3n) is 3.61. The Bertz CT molecular complexity index is 887. The summed E-state index contributed by atoms with van der Waals surface area (Å²) in [6, 6.07) is 15.6. The second kappa shape index (κ2) is 7.49. The van der Waals surface area contributed by atoms with Crippen LogP contribution in [0.15, 0.2) is 65.4 Å². The van der Waals surface area contributed by atoms with Gasteiger partial charge in [0.25, 0.3) is 5.91 Å². The Morgan fingerprint density at radius 1 is 0.880 bits per heavy atom. The number of nitrogens with zero attached hydrogens (tertiary/aromatic N) is 1. The lowest BCUT2D eigenvalue weighted by Crippen LogP contribution is -2.12. The molecule has 2 aromatic carbocycles. The van der Waals surface area contributed by atoms with Gasteiger partial charge in [-0.1, -0.05) is 22.0 Å². The van der Waals surface area contributed by atoms with E-state index in [9.17, 15) is 4.79 Å². The molecule has 2 N–H and O–H groups in total. The summed E-state index contributed by atoms with van der Waals surface area (Å²) in [6.45, 7) is 4.01. The highest BCUT2D eigenvalue weighted by Gasteiger charge is 2.08. The fourth-order valence-corrected chi connectivity index (χ4v) is 2.85. The fourth-order valence-electron chi connectivity index (χ4n) is 2.58. The summed E-state index contributed by atoms with van der Waals surface area (Å²) in [5, 5.41) is 6.17. The molecule has 0 spiro atoms. The standard InChI is InChI=1S/C20H18BrN3O/c1-13-7-14(2)9-18(8-13)24-20(25)15-10-19(12-22-11-15)23-17-5-3-16(21)4-6-17/h3-12,23H,1-2H3,(H,24,25). The Kier molecular flexibility index (Phi) is 5.14. The Balaban J connectivity index is 1.76. The van der Waals surface area contributed by atoms with E-state index in [0.717, 1.165) is 32.7 Å². The number of hydrogen-bond acceptors (Lipinski definition) is 3. The average molecular weight is 396 g/mol. The van der Waals surface area contributed by atoms with Crippen LogP contribution >= 0.6 is 15.9 Å². The number of anilines is 3. The average Bonchev–Trinajstić information content (AvgIpc) is 2.56. The number of hydrogen-bond donors (Lipinski definition) is 2. The van der Waals surface area contributed by atoms with Crippen LogP contribution in [-0.4, -0.2) is 10.9 Å². The first-order chi connectivity index (χ1) is 12.0. The maximum atomic E-state index is 12.5. The van der Waals surface area contributed by atoms with E-state index >= 15 is 0 Å². The number of aromatic nitrogens is 1. The number of nitrogens with one attached hydrogen (secondary N) is 2. The van der Waals surface area contributed by atoms with E-state index in [1.807, 2.05) is 50.2 Å². The highest BCUT2D eigenvalue weighted by atomic mass is 79.9. The zero-order valence-corrected chi connectivity index (χ0v) is 15.6. The summed E-state index contributed by atoms with van der Waals surface area (Å²) in [5.74, 6) is -0.183. The van der Waals surface area contributed by atoms with Gasteiger partial charge >= 0.3 is 0 Å². The van der Waals surface area contributed by atoms with Gasteiger partial charge in [-0.05, 0) is 67.4 Å². The van der Waals surface area contributed by atoms with Crippen LogP contribution < -0.4 is 10.6 Å². The zero-order chi connectivity index (χ0) is 17.8. The van der Waals surface area contributed by atoms with Crippen molar-refractivity contribution in [3.63, 3.8) is 0 Å². The lowest BCUT2D eigenvalue weighted by Gasteiger charge is -2.10. The maximum absolute atomic E-state index is 12.5. The molecule has 1 aromatic heterocycles. The molecule has 0 aliphatic heterocycles. The topological polar surface area (TPSA) is 54.0 Å². The zero-order valence-electron chi connectivity index (χ0n) is 14.0. The predicted octanol–water partition coefficient (Wildman–Crippen LogP) is 5.46. The summed E-state index contributed by atoms with van der Waals surface area (Å²) in [4.78, 5) is 16.7. The summed E-state index contributed by atoms with van der Waals surface area (Å²) < 4.78 is 1.01. The van der Waals surface area contributed by atoms with Crippen LogP contribution in [0, 0.1) is 13.8 Å². The number of rotatable bonds is 4. The van der Waals surface area contributed by atoms with Crippen LogP contribution in [0.25, 0.3) is 0 Å². The molecule has 4 nitrogen and oxygen atoms in total. The molecule has 1 amide bonds. The number of benzene rings is 2. The van der Waals surface area contributed by atoms with Crippen LogP contribution in [0.2, 0.25) is 0 Å². The molecule has 3 aromatic rings. The molecule has 5 heteroatoms. The molecule has 0 saturated heterocycles. The van der Waals surface area contributed by atoms with Crippen molar-refractivity contribution < 1.29 is 4.79 Å². The fraction of sp³-hybridized carbons (Fsp3) is 0.100. The van der Waals surface area contributed by atoms with Crippen molar-refractivity contribution in [2.45, 2.75) is 13.8 Å². The van der Waals surface area contributed by atoms with Gasteiger partial charge in [0.1, 0.15) is 0 Å². The molecule has 25 heavy (non-hydrogen) atoms. The van der Waals surface area contributed by atoms with E-state index in [0.29, 0.717) is 5.56 Å². The molecular formula is C20H18BrN3O. The van der Waals surface area contributed by atoms with Gasteiger partial charge in [-0.25, -0.2) is 0 Å². The van der Waals surface area contributed by atoms with Gasteiger partial charge in [0.05, 0.1) is 17.4 Å². The molecule has 0 aliphatic carbocycles. The molecule has 0 atom stereocenters. The van der Waals surface area contributed by atoms with Crippen LogP contribution in [0.1, 0.15) is 21.5 Å². The quantitative estimate of drug-likeness (QED) is 0.616. The SMILES string of the molecule is Cc1cc(C)cc(NC(=O)c2cncc(Nc3ccc(Br)cc3)c2)c1. The predicted molar refractivity (Wildman–Crippen MR) is 106 cm³/mol. The molecule has 0 saturated carbocycles. The van der Waals surface area contributed by atoms with E-state index in [2.05, 4.69) is 37.6 Å². The van der Waals surface area contributed by atoms with Gasteiger partial charge in [0, 0.05) is 22.0 Å². The van der Waals surface area contributed by atoms with Crippen molar-refractivity contribution in [3.8, 4) is 0 Å². The molecule has 0 radical (unpaired) electrons. The van der Waals surface area contributed by atoms with E-state index in [4.69, 9.17) is 0 Å². The molecule has 3 rings (SSSR count). The van der Waals surface area contributed by atoms with Crippen molar-refractivity contribution in [1.29, 1.82) is 0 Å². The molecule has 1 heterocycles. The lowest BCUT2D eigenvalue weighted by atomic mass is 10.1. The molecule has 0 aliphatic rings. The minimum atomic E-state index is -0.183. The Morgan fingerprint density at radius 3 is 2.24 bits per heavy atom. The number of amides is 1. The van der Waals surface area contributed by atoms with Crippen molar-refractivity contribution in [3.05, 3.63) is 82.1 Å². The van der Waals surface area contributed by atoms with Crippen LogP contribution in [-0.2, 0) is 0 Å². The Morgan fingerprint density at radius 2 is 1.56 bits per heavy atom. The van der Waals surface area contributed by atoms with Crippen molar-refractivity contribution in [2.24, 2.45) is 0 Å². The highest BCUT2D eigenvalue weighted by Crippen LogP contribution is 2.20. The van der Waals surface area contributed by atoms with E-state index in [1.54, 1.807) is 18.5 Å². The first kappa shape index (κ1) is 17.2. The van der Waals surface area contributed by atoms with E-state index < -0.39 is 0 Å². The lowest BCUT2D eigenvalue weighted by molar-refractivity contribution is 0.102. The van der Waals surface area contributed by atoms with Gasteiger partial charge in [-0.15, -0.1) is 0 Å². The maximum Gasteiger partial charge on any atom is 0.257 e. The molecular weight excluding hydrogens is 378 g/mol. The summed E-state index contributed by atoms with van der Waals surface area (Å²) in [5.41, 5.74) is 5.19. The molecule has 0 bridgehead atoms. The first-order valence-electron chi connectivity index (χ1n) is 7.87. The Hall–Kier alpha value is -2.66. The Labute approximate surface area is 155 Å². The van der Waals surface area contributed by atoms with Gasteiger partial charge in [0.2, 0.25) is 0 Å². The first-order valence-corrected chi connectivity index (χ1v) is 8.66. The molecule has 0 fully saturated rings. The summed E-state index contributed by atoms with van der Waals surface area (Å²) in [6.07, 6.45) is 3.25. The third kappa shape index (κ3) is 4.67. The largest absolute Gasteiger partial charge is 0.354 e. The number of aryl methyl sites for hydroxylation is 2. The van der Waals surface area contributed by atoms with Gasteiger partial charge in [0.15, 0.2) is 0 Å². The monoisotopic (exact) mass is 395 g/mol. The number of carbonyl (C=O) groups is 1. The van der Waals surface area contributed by atoms with Crippen LogP contribution in [0.5, 0.6) is 0 Å². The molecule has 126 valence electrons. The van der Waals surface area contributed by atoms with Crippen LogP contribution in [0.3, 0.4) is 0 Å². The van der Waals surface area contributed by atoms with Crippen molar-refractivity contribution in [2.75, 3.05) is 10.6 Å². The van der Waals surface area contributed by atoms with E-state index in [1.165, 1.54) is 0 Å². The van der Waals surface area contributed by atoms with Gasteiger partial charge in [-0.3, -0.25) is 9.78 Å². The normalized spacial score (nSPS) is 10.4. The number of pyridine rings is 1. The smallest absolute Gasteiger partial charge is 0.257 e. The number of carbonyl (C=O) groups excluding carboxylic acids is 1. The number of halogens is 1. The van der Waals surface area contributed by atoms with Crippen molar-refractivity contribution >= 4 is 38.9 Å². The molecule has 0 unspecified atom stereocenters. The van der Waals surface area contributed by atoms with Crippen molar-refractivity contribution in [1.82, 2.24) is 4.98 Å².